The molecule has 0 saturated carbocycles. The summed E-state index contributed by atoms with van der Waals surface area (Å²) in [6.07, 6.45) is 1.44. The molecule has 1 aliphatic rings. The molecular weight excluding hydrogens is 280 g/mol. The molecule has 3 nitrogen and oxygen atoms in total. The Labute approximate surface area is 130 Å². The van der Waals surface area contributed by atoms with Crippen LogP contribution in [0.25, 0.3) is 11.1 Å². The van der Waals surface area contributed by atoms with Crippen LogP contribution in [0.1, 0.15) is 27.7 Å². The summed E-state index contributed by atoms with van der Waals surface area (Å²) < 4.78 is 26.2. The van der Waals surface area contributed by atoms with Crippen LogP contribution in [-0.4, -0.2) is 23.3 Å². The fourth-order valence-corrected chi connectivity index (χ4v) is 2.50. The van der Waals surface area contributed by atoms with Crippen molar-refractivity contribution in [1.29, 1.82) is 0 Å². The van der Waals surface area contributed by atoms with E-state index >= 15 is 0 Å². The smallest absolute Gasteiger partial charge is 0.399 e. The first-order valence-corrected chi connectivity index (χ1v) is 7.37. The van der Waals surface area contributed by atoms with Crippen LogP contribution in [0.15, 0.2) is 42.6 Å². The summed E-state index contributed by atoms with van der Waals surface area (Å²) in [6.45, 7) is 8.00. The molecule has 0 N–H and O–H groups in total. The molecule has 5 heteroatoms. The van der Waals surface area contributed by atoms with Gasteiger partial charge < -0.3 is 9.31 Å². The molecule has 22 heavy (non-hydrogen) atoms. The minimum Gasteiger partial charge on any atom is -0.399 e. The minimum atomic E-state index is -0.527. The summed E-state index contributed by atoms with van der Waals surface area (Å²) in [6, 6.07) is 11.0. The van der Waals surface area contributed by atoms with E-state index in [9.17, 15) is 4.39 Å². The topological polar surface area (TPSA) is 31.4 Å². The molecule has 3 rings (SSSR count). The van der Waals surface area contributed by atoms with Gasteiger partial charge in [-0.15, -0.1) is 0 Å². The zero-order valence-corrected chi connectivity index (χ0v) is 13.3. The van der Waals surface area contributed by atoms with E-state index in [0.717, 1.165) is 11.0 Å². The van der Waals surface area contributed by atoms with Gasteiger partial charge in [0.15, 0.2) is 0 Å². The lowest BCUT2D eigenvalue weighted by Gasteiger charge is -2.32. The molecule has 114 valence electrons. The Bertz CT molecular complexity index is 687. The lowest BCUT2D eigenvalue weighted by Crippen LogP contribution is -2.41. The van der Waals surface area contributed by atoms with Gasteiger partial charge in [-0.25, -0.2) is 4.98 Å². The quantitative estimate of drug-likeness (QED) is 0.630. The third-order valence-electron chi connectivity index (χ3n) is 4.52. The van der Waals surface area contributed by atoms with Crippen LogP contribution in [0.5, 0.6) is 0 Å². The lowest BCUT2D eigenvalue weighted by molar-refractivity contribution is 0.00578. The number of halogens is 1. The van der Waals surface area contributed by atoms with E-state index in [0.29, 0.717) is 5.56 Å². The van der Waals surface area contributed by atoms with Crippen molar-refractivity contribution >= 4 is 12.6 Å². The number of benzene rings is 1. The Balaban J connectivity index is 2.06. The van der Waals surface area contributed by atoms with Gasteiger partial charge in [-0.1, -0.05) is 24.3 Å². The molecule has 1 aliphatic heterocycles. The molecule has 0 spiro atoms. The van der Waals surface area contributed by atoms with E-state index in [4.69, 9.17) is 9.31 Å². The van der Waals surface area contributed by atoms with Gasteiger partial charge in [0.1, 0.15) is 0 Å². The van der Waals surface area contributed by atoms with E-state index in [1.165, 1.54) is 6.20 Å². The average molecular weight is 299 g/mol. The number of hydrogen-bond acceptors (Lipinski definition) is 3. The van der Waals surface area contributed by atoms with Crippen LogP contribution in [0.2, 0.25) is 0 Å². The van der Waals surface area contributed by atoms with Crippen molar-refractivity contribution in [2.75, 3.05) is 0 Å². The monoisotopic (exact) mass is 299 g/mol. The SMILES string of the molecule is CC1(C)OB(c2ccccc2-c2cccnc2F)OC1(C)C. The lowest BCUT2D eigenvalue weighted by atomic mass is 9.74. The Kier molecular flexibility index (Phi) is 3.58. The minimum absolute atomic E-state index is 0.432. The predicted molar refractivity (Wildman–Crippen MR) is 85.3 cm³/mol. The van der Waals surface area contributed by atoms with Crippen molar-refractivity contribution in [2.45, 2.75) is 38.9 Å². The van der Waals surface area contributed by atoms with Gasteiger partial charge >= 0.3 is 7.12 Å². The van der Waals surface area contributed by atoms with Crippen LogP contribution in [0.4, 0.5) is 4.39 Å². The van der Waals surface area contributed by atoms with Gasteiger partial charge in [0, 0.05) is 11.8 Å². The second-order valence-corrected chi connectivity index (χ2v) is 6.52. The maximum atomic E-state index is 14.1. The second kappa shape index (κ2) is 5.18. The molecule has 0 unspecified atom stereocenters. The Morgan fingerprint density at radius 1 is 0.909 bits per heavy atom. The molecule has 2 aromatic rings. The molecule has 0 atom stereocenters. The normalized spacial score (nSPS) is 19.4. The highest BCUT2D eigenvalue weighted by Gasteiger charge is 2.52. The number of pyridine rings is 1. The van der Waals surface area contributed by atoms with E-state index in [-0.39, 0.29) is 0 Å². The van der Waals surface area contributed by atoms with E-state index in [2.05, 4.69) is 4.98 Å². The molecule has 0 amide bonds. The average Bonchev–Trinajstić information content (AvgIpc) is 2.68. The van der Waals surface area contributed by atoms with E-state index in [1.54, 1.807) is 12.1 Å². The molecule has 1 saturated heterocycles. The van der Waals surface area contributed by atoms with Crippen LogP contribution >= 0.6 is 0 Å². The van der Waals surface area contributed by atoms with Crippen molar-refractivity contribution < 1.29 is 13.7 Å². The fraction of sp³-hybridized carbons (Fsp3) is 0.353. The van der Waals surface area contributed by atoms with Gasteiger partial charge in [-0.2, -0.15) is 4.39 Å². The maximum Gasteiger partial charge on any atom is 0.495 e. The first-order valence-electron chi connectivity index (χ1n) is 7.37. The summed E-state index contributed by atoms with van der Waals surface area (Å²) in [4.78, 5) is 3.73. The van der Waals surface area contributed by atoms with E-state index in [1.807, 2.05) is 52.0 Å². The van der Waals surface area contributed by atoms with Gasteiger partial charge in [0.25, 0.3) is 0 Å². The first kappa shape index (κ1) is 15.2. The molecule has 1 aromatic heterocycles. The fourth-order valence-electron chi connectivity index (χ4n) is 2.50. The highest BCUT2D eigenvalue weighted by Crippen LogP contribution is 2.37. The second-order valence-electron chi connectivity index (χ2n) is 6.52. The number of nitrogens with zero attached hydrogens (tertiary/aromatic N) is 1. The highest BCUT2D eigenvalue weighted by molar-refractivity contribution is 6.63. The van der Waals surface area contributed by atoms with Crippen molar-refractivity contribution in [1.82, 2.24) is 4.98 Å². The van der Waals surface area contributed by atoms with Gasteiger partial charge in [-0.05, 0) is 50.9 Å². The molecule has 0 bridgehead atoms. The molecular formula is C17H19BFNO2. The summed E-state index contributed by atoms with van der Waals surface area (Å²) in [7, 11) is -0.527. The number of rotatable bonds is 2. The first-order chi connectivity index (χ1) is 10.3. The summed E-state index contributed by atoms with van der Waals surface area (Å²) in [5.41, 5.74) is 1.14. The van der Waals surface area contributed by atoms with E-state index < -0.39 is 24.3 Å². The van der Waals surface area contributed by atoms with Crippen molar-refractivity contribution in [3.8, 4) is 11.1 Å². The third kappa shape index (κ3) is 2.44. The summed E-state index contributed by atoms with van der Waals surface area (Å²) >= 11 is 0. The predicted octanol–water partition coefficient (Wildman–Crippen LogP) is 3.19. The van der Waals surface area contributed by atoms with Gasteiger partial charge in [0.05, 0.1) is 11.2 Å². The largest absolute Gasteiger partial charge is 0.495 e. The Morgan fingerprint density at radius 2 is 1.50 bits per heavy atom. The maximum absolute atomic E-state index is 14.1. The standard InChI is InChI=1S/C17H19BFNO2/c1-16(2)17(3,4)22-18(21-16)14-10-6-5-8-12(14)13-9-7-11-20-15(13)19/h5-11H,1-4H3. The molecule has 0 radical (unpaired) electrons. The van der Waals surface area contributed by atoms with Gasteiger partial charge in [-0.3, -0.25) is 0 Å². The van der Waals surface area contributed by atoms with Crippen molar-refractivity contribution in [2.24, 2.45) is 0 Å². The van der Waals surface area contributed by atoms with Crippen LogP contribution in [0, 0.1) is 5.95 Å². The van der Waals surface area contributed by atoms with Gasteiger partial charge in [0.2, 0.25) is 5.95 Å². The van der Waals surface area contributed by atoms with Crippen molar-refractivity contribution in [3.05, 3.63) is 48.5 Å². The molecule has 2 heterocycles. The highest BCUT2D eigenvalue weighted by atomic mass is 19.1. The van der Waals surface area contributed by atoms with Crippen LogP contribution in [0.3, 0.4) is 0 Å². The summed E-state index contributed by atoms with van der Waals surface area (Å²) in [5.74, 6) is -0.494. The molecule has 1 aromatic carbocycles. The molecule has 0 aliphatic carbocycles. The van der Waals surface area contributed by atoms with Crippen LogP contribution < -0.4 is 5.46 Å². The zero-order valence-electron chi connectivity index (χ0n) is 13.3. The molecule has 1 fully saturated rings. The van der Waals surface area contributed by atoms with Crippen molar-refractivity contribution in [3.63, 3.8) is 0 Å². The number of hydrogen-bond donors (Lipinski definition) is 0. The number of aromatic nitrogens is 1. The third-order valence-corrected chi connectivity index (χ3v) is 4.52. The Hall–Kier alpha value is -1.72. The summed E-state index contributed by atoms with van der Waals surface area (Å²) in [5, 5.41) is 0. The van der Waals surface area contributed by atoms with Crippen LogP contribution in [-0.2, 0) is 9.31 Å². The zero-order chi connectivity index (χ0) is 16.0. The Morgan fingerprint density at radius 3 is 2.14 bits per heavy atom.